The van der Waals surface area contributed by atoms with Gasteiger partial charge in [0, 0.05) is 16.9 Å². The molecule has 29 heavy (non-hydrogen) atoms. The van der Waals surface area contributed by atoms with Crippen LogP contribution in [0.4, 0.5) is 0 Å². The van der Waals surface area contributed by atoms with Crippen LogP contribution < -0.4 is 10.3 Å². The van der Waals surface area contributed by atoms with Gasteiger partial charge in [-0.2, -0.15) is 0 Å². The van der Waals surface area contributed by atoms with Crippen molar-refractivity contribution in [2.75, 3.05) is 14.2 Å². The minimum atomic E-state index is -0.540. The fourth-order valence-corrected chi connectivity index (χ4v) is 3.82. The van der Waals surface area contributed by atoms with E-state index in [1.807, 2.05) is 0 Å². The van der Waals surface area contributed by atoms with E-state index >= 15 is 0 Å². The van der Waals surface area contributed by atoms with Crippen LogP contribution in [0, 0.1) is 0 Å². The van der Waals surface area contributed by atoms with Gasteiger partial charge in [0.05, 0.1) is 25.1 Å². The van der Waals surface area contributed by atoms with Crippen LogP contribution >= 0.6 is 11.8 Å². The van der Waals surface area contributed by atoms with Crippen LogP contribution in [0.5, 0.6) is 5.75 Å². The van der Waals surface area contributed by atoms with Crippen molar-refractivity contribution in [3.8, 4) is 5.75 Å². The van der Waals surface area contributed by atoms with E-state index < -0.39 is 5.97 Å². The number of fused-ring (bicyclic) bond motifs is 1. The van der Waals surface area contributed by atoms with Crippen molar-refractivity contribution >= 4 is 34.4 Å². The fraction of sp³-hybridized carbons (Fsp3) is 0.238. The highest BCUT2D eigenvalue weighted by atomic mass is 32.2. The Hall–Kier alpha value is -3.13. The molecule has 7 nitrogen and oxygen atoms in total. The number of ether oxygens (including phenoxy) is 2. The summed E-state index contributed by atoms with van der Waals surface area (Å²) in [5.41, 5.74) is 1.59. The topological polar surface area (TPSA) is 87.5 Å². The van der Waals surface area contributed by atoms with Gasteiger partial charge in [-0.1, -0.05) is 23.9 Å². The van der Waals surface area contributed by atoms with E-state index in [-0.39, 0.29) is 17.9 Å². The lowest BCUT2D eigenvalue weighted by Crippen LogP contribution is -2.27. The molecule has 1 heterocycles. The quantitative estimate of drug-likeness (QED) is 0.255. The second-order valence-corrected chi connectivity index (χ2v) is 7.19. The number of esters is 1. The van der Waals surface area contributed by atoms with Crippen LogP contribution in [-0.4, -0.2) is 35.5 Å². The van der Waals surface area contributed by atoms with Crippen molar-refractivity contribution in [1.29, 1.82) is 0 Å². The number of ketones is 1. The summed E-state index contributed by atoms with van der Waals surface area (Å²) in [5.74, 6) is 0.439. The van der Waals surface area contributed by atoms with E-state index in [0.29, 0.717) is 33.1 Å². The van der Waals surface area contributed by atoms with Crippen molar-refractivity contribution in [3.63, 3.8) is 0 Å². The van der Waals surface area contributed by atoms with Gasteiger partial charge in [-0.05, 0) is 37.3 Å². The zero-order valence-corrected chi connectivity index (χ0v) is 17.1. The Labute approximate surface area is 171 Å². The zero-order valence-electron chi connectivity index (χ0n) is 16.3. The van der Waals surface area contributed by atoms with Crippen LogP contribution in [0.25, 0.3) is 10.9 Å². The lowest BCUT2D eigenvalue weighted by Gasteiger charge is -2.13. The Kier molecular flexibility index (Phi) is 6.33. The summed E-state index contributed by atoms with van der Waals surface area (Å²) in [7, 11) is 2.82. The lowest BCUT2D eigenvalue weighted by atomic mass is 10.1. The normalized spacial score (nSPS) is 10.7. The van der Waals surface area contributed by atoms with Gasteiger partial charge in [-0.25, -0.2) is 4.98 Å². The number of para-hydroxylation sites is 1. The number of carbonyl (C=O) groups excluding carboxylic acids is 2. The molecule has 0 fully saturated rings. The maximum Gasteiger partial charge on any atom is 0.325 e. The third-order valence-corrected chi connectivity index (χ3v) is 5.41. The molecule has 0 N–H and O–H groups in total. The number of thioether (sulfide) groups is 1. The lowest BCUT2D eigenvalue weighted by molar-refractivity contribution is -0.141. The summed E-state index contributed by atoms with van der Waals surface area (Å²) in [6.45, 7) is 1.26. The zero-order chi connectivity index (χ0) is 21.0. The maximum absolute atomic E-state index is 12.9. The molecule has 0 radical (unpaired) electrons. The van der Waals surface area contributed by atoms with Crippen molar-refractivity contribution in [2.24, 2.45) is 0 Å². The average molecular weight is 412 g/mol. The van der Waals surface area contributed by atoms with Gasteiger partial charge < -0.3 is 9.47 Å². The molecule has 0 amide bonds. The van der Waals surface area contributed by atoms with Gasteiger partial charge in [0.25, 0.3) is 5.56 Å². The summed E-state index contributed by atoms with van der Waals surface area (Å²) in [4.78, 5) is 41.0. The largest absolute Gasteiger partial charge is 0.496 e. The first-order chi connectivity index (χ1) is 13.9. The fourth-order valence-electron chi connectivity index (χ4n) is 2.84. The summed E-state index contributed by atoms with van der Waals surface area (Å²) in [5, 5.41) is 0.811. The molecule has 3 rings (SSSR count). The highest BCUT2D eigenvalue weighted by Crippen LogP contribution is 2.28. The minimum absolute atomic E-state index is 0.0506. The molecular formula is C21H20N2O5S. The molecule has 8 heteroatoms. The van der Waals surface area contributed by atoms with Gasteiger partial charge in [0.1, 0.15) is 12.3 Å². The molecule has 3 aromatic rings. The van der Waals surface area contributed by atoms with Crippen molar-refractivity contribution < 1.29 is 19.1 Å². The molecule has 0 aliphatic rings. The van der Waals surface area contributed by atoms with Gasteiger partial charge >= 0.3 is 5.97 Å². The standard InChI is InChI=1S/C21H20N2O5S/c1-13(24)14-8-9-18(27-2)15(10-14)12-29-21-22-17-7-5-4-6-16(17)20(26)23(21)11-19(25)28-3/h4-10H,11-12H2,1-3H3. The Balaban J connectivity index is 2.02. The number of methoxy groups -OCH3 is 2. The molecular weight excluding hydrogens is 392 g/mol. The molecule has 0 saturated heterocycles. The molecule has 150 valence electrons. The monoisotopic (exact) mass is 412 g/mol. The Morgan fingerprint density at radius 3 is 2.59 bits per heavy atom. The van der Waals surface area contributed by atoms with Gasteiger partial charge in [0.15, 0.2) is 10.9 Å². The predicted octanol–water partition coefficient (Wildman–Crippen LogP) is 3.07. The molecule has 0 aliphatic carbocycles. The smallest absolute Gasteiger partial charge is 0.325 e. The van der Waals surface area contributed by atoms with E-state index in [0.717, 1.165) is 5.56 Å². The van der Waals surface area contributed by atoms with Gasteiger partial charge in [-0.3, -0.25) is 19.0 Å². The molecule has 1 aromatic heterocycles. The predicted molar refractivity (Wildman–Crippen MR) is 111 cm³/mol. The first-order valence-corrected chi connectivity index (χ1v) is 9.80. The molecule has 0 atom stereocenters. The van der Waals surface area contributed by atoms with Crippen molar-refractivity contribution in [3.05, 3.63) is 63.9 Å². The number of hydrogen-bond acceptors (Lipinski definition) is 7. The van der Waals surface area contributed by atoms with E-state index in [4.69, 9.17) is 9.47 Å². The summed E-state index contributed by atoms with van der Waals surface area (Å²) >= 11 is 1.28. The number of Topliss-reactive ketones (excluding diaryl/α,β-unsaturated/α-hetero) is 1. The highest BCUT2D eigenvalue weighted by molar-refractivity contribution is 7.98. The SMILES string of the molecule is COC(=O)Cn1c(SCc2cc(C(C)=O)ccc2OC)nc2ccccc2c1=O. The van der Waals surface area contributed by atoms with Crippen LogP contribution in [0.2, 0.25) is 0 Å². The van der Waals surface area contributed by atoms with Crippen LogP contribution in [-0.2, 0) is 21.8 Å². The number of carbonyl (C=O) groups is 2. The number of rotatable bonds is 7. The van der Waals surface area contributed by atoms with Crippen LogP contribution in [0.1, 0.15) is 22.8 Å². The first-order valence-electron chi connectivity index (χ1n) is 8.81. The Morgan fingerprint density at radius 2 is 1.90 bits per heavy atom. The number of hydrogen-bond donors (Lipinski definition) is 0. The molecule has 0 bridgehead atoms. The first kappa shape index (κ1) is 20.6. The molecule has 0 unspecified atom stereocenters. The summed E-state index contributed by atoms with van der Waals surface area (Å²) < 4.78 is 11.4. The van der Waals surface area contributed by atoms with Gasteiger partial charge in [-0.15, -0.1) is 0 Å². The highest BCUT2D eigenvalue weighted by Gasteiger charge is 2.16. The van der Waals surface area contributed by atoms with Crippen LogP contribution in [0.15, 0.2) is 52.4 Å². The molecule has 0 spiro atoms. The Bertz CT molecular complexity index is 1140. The Morgan fingerprint density at radius 1 is 1.14 bits per heavy atom. The second-order valence-electron chi connectivity index (χ2n) is 6.25. The molecule has 0 aliphatic heterocycles. The molecule has 0 saturated carbocycles. The van der Waals surface area contributed by atoms with E-state index in [1.54, 1.807) is 49.6 Å². The summed E-state index contributed by atoms with van der Waals surface area (Å²) in [6, 6.07) is 12.2. The minimum Gasteiger partial charge on any atom is -0.496 e. The van der Waals surface area contributed by atoms with Gasteiger partial charge in [0.2, 0.25) is 0 Å². The number of benzene rings is 2. The third kappa shape index (κ3) is 4.48. The molecule has 2 aromatic carbocycles. The van der Waals surface area contributed by atoms with Crippen molar-refractivity contribution in [1.82, 2.24) is 9.55 Å². The second kappa shape index (κ2) is 8.91. The third-order valence-electron chi connectivity index (χ3n) is 4.39. The number of aromatic nitrogens is 2. The van der Waals surface area contributed by atoms with Crippen LogP contribution in [0.3, 0.4) is 0 Å². The summed E-state index contributed by atoms with van der Waals surface area (Å²) in [6.07, 6.45) is 0. The average Bonchev–Trinajstić information content (AvgIpc) is 2.74. The van der Waals surface area contributed by atoms with E-state index in [1.165, 1.54) is 30.4 Å². The van der Waals surface area contributed by atoms with E-state index in [2.05, 4.69) is 4.98 Å². The number of nitrogens with zero attached hydrogens (tertiary/aromatic N) is 2. The van der Waals surface area contributed by atoms with Crippen molar-refractivity contribution in [2.45, 2.75) is 24.4 Å². The van der Waals surface area contributed by atoms with E-state index in [9.17, 15) is 14.4 Å². The maximum atomic E-state index is 12.9.